The van der Waals surface area contributed by atoms with E-state index in [1.54, 1.807) is 16.7 Å². The summed E-state index contributed by atoms with van der Waals surface area (Å²) < 4.78 is 33.8. The Hall–Kier alpha value is -2.03. The minimum absolute atomic E-state index is 0.0774. The van der Waals surface area contributed by atoms with Crippen LogP contribution in [0.1, 0.15) is 18.4 Å². The van der Waals surface area contributed by atoms with Gasteiger partial charge in [0.05, 0.1) is 23.8 Å². The maximum absolute atomic E-state index is 14.1. The average molecular weight is 435 g/mol. The molecule has 0 N–H and O–H groups in total. The van der Waals surface area contributed by atoms with Crippen LogP contribution in [0.25, 0.3) is 10.2 Å². The normalized spacial score (nSPS) is 16.4. The van der Waals surface area contributed by atoms with E-state index < -0.39 is 11.6 Å². The predicted octanol–water partition coefficient (Wildman–Crippen LogP) is 5.05. The van der Waals surface area contributed by atoms with Gasteiger partial charge in [-0.2, -0.15) is 0 Å². The topological polar surface area (TPSA) is 42.4 Å². The van der Waals surface area contributed by atoms with Crippen molar-refractivity contribution < 1.29 is 18.3 Å². The number of nitrogens with zero attached hydrogens (tertiary/aromatic N) is 2. The number of carbonyl (C=O) groups is 1. The lowest BCUT2D eigenvalue weighted by atomic mass is 10.1. The lowest BCUT2D eigenvalue weighted by molar-refractivity contribution is -0.118. The van der Waals surface area contributed by atoms with Crippen LogP contribution in [0.2, 0.25) is 0 Å². The average Bonchev–Trinajstić information content (AvgIpc) is 3.36. The molecule has 0 radical (unpaired) electrons. The van der Waals surface area contributed by atoms with Gasteiger partial charge in [-0.1, -0.05) is 23.5 Å². The molecule has 1 fully saturated rings. The van der Waals surface area contributed by atoms with E-state index in [2.05, 4.69) is 4.98 Å². The fraction of sp³-hybridized carbons (Fsp3) is 0.333. The van der Waals surface area contributed by atoms with Gasteiger partial charge >= 0.3 is 0 Å². The van der Waals surface area contributed by atoms with Crippen LogP contribution in [0.3, 0.4) is 0 Å². The van der Waals surface area contributed by atoms with Crippen molar-refractivity contribution in [1.82, 2.24) is 4.98 Å². The maximum atomic E-state index is 14.1. The van der Waals surface area contributed by atoms with E-state index in [0.717, 1.165) is 40.7 Å². The number of halogens is 2. The summed E-state index contributed by atoms with van der Waals surface area (Å²) in [6, 6.07) is 9.88. The number of hydrogen-bond acceptors (Lipinski definition) is 5. The Kier molecular flexibility index (Phi) is 6.12. The number of carbonyl (C=O) groups excluding carboxylic acids is 1. The number of benzene rings is 2. The first-order chi connectivity index (χ1) is 14.0. The molecule has 0 aliphatic carbocycles. The van der Waals surface area contributed by atoms with Crippen LogP contribution in [0.15, 0.2) is 41.3 Å². The standard InChI is InChI=1S/C21H20F2N2O2S2/c1-28-16-6-4-13(5-7-16)9-19(26)25(12-15-3-2-8-27-15)21-24-20-17(23)10-14(22)11-18(20)29-21/h4-7,10-11,15H,2-3,8-9,12H2,1H3/t15-/m0/s1. The molecule has 2 heterocycles. The van der Waals surface area contributed by atoms with E-state index >= 15 is 0 Å². The predicted molar refractivity (Wildman–Crippen MR) is 113 cm³/mol. The van der Waals surface area contributed by atoms with Gasteiger partial charge in [0, 0.05) is 17.6 Å². The first-order valence-electron chi connectivity index (χ1n) is 9.34. The van der Waals surface area contributed by atoms with Gasteiger partial charge in [0.15, 0.2) is 10.9 Å². The minimum Gasteiger partial charge on any atom is -0.376 e. The van der Waals surface area contributed by atoms with Gasteiger partial charge in [-0.05, 0) is 42.9 Å². The summed E-state index contributed by atoms with van der Waals surface area (Å²) in [4.78, 5) is 20.1. The number of fused-ring (bicyclic) bond motifs is 1. The molecule has 152 valence electrons. The van der Waals surface area contributed by atoms with Crippen molar-refractivity contribution in [3.05, 3.63) is 53.6 Å². The van der Waals surface area contributed by atoms with Crippen molar-refractivity contribution in [2.24, 2.45) is 0 Å². The number of ether oxygens (including phenoxy) is 1. The lowest BCUT2D eigenvalue weighted by Crippen LogP contribution is -2.38. The third-order valence-corrected chi connectivity index (χ3v) is 6.63. The van der Waals surface area contributed by atoms with E-state index in [1.165, 1.54) is 6.07 Å². The monoisotopic (exact) mass is 434 g/mol. The Morgan fingerprint density at radius 3 is 2.79 bits per heavy atom. The zero-order valence-corrected chi connectivity index (χ0v) is 17.5. The van der Waals surface area contributed by atoms with Gasteiger partial charge in [-0.3, -0.25) is 9.69 Å². The van der Waals surface area contributed by atoms with Crippen LogP contribution in [0.4, 0.5) is 13.9 Å². The number of hydrogen-bond donors (Lipinski definition) is 0. The fourth-order valence-electron chi connectivity index (χ4n) is 3.35. The van der Waals surface area contributed by atoms with Gasteiger partial charge in [-0.25, -0.2) is 13.8 Å². The molecule has 2 aromatic carbocycles. The number of amides is 1. The lowest BCUT2D eigenvalue weighted by Gasteiger charge is -2.23. The van der Waals surface area contributed by atoms with Crippen LogP contribution in [0.5, 0.6) is 0 Å². The van der Waals surface area contributed by atoms with Crippen LogP contribution in [0, 0.1) is 11.6 Å². The molecule has 1 aromatic heterocycles. The zero-order chi connectivity index (χ0) is 20.4. The second kappa shape index (κ2) is 8.77. The van der Waals surface area contributed by atoms with Crippen molar-refractivity contribution in [3.63, 3.8) is 0 Å². The minimum atomic E-state index is -0.723. The molecule has 0 saturated carbocycles. The summed E-state index contributed by atoms with van der Waals surface area (Å²) in [5, 5.41) is 0.366. The molecule has 1 saturated heterocycles. The van der Waals surface area contributed by atoms with E-state index in [4.69, 9.17) is 4.74 Å². The van der Waals surface area contributed by atoms with Crippen molar-refractivity contribution in [2.45, 2.75) is 30.3 Å². The Morgan fingerprint density at radius 1 is 1.31 bits per heavy atom. The van der Waals surface area contributed by atoms with Gasteiger partial charge in [-0.15, -0.1) is 11.8 Å². The summed E-state index contributed by atoms with van der Waals surface area (Å²) in [6.45, 7) is 1.02. The van der Waals surface area contributed by atoms with Crippen LogP contribution < -0.4 is 4.90 Å². The molecule has 0 unspecified atom stereocenters. The molecule has 4 nitrogen and oxygen atoms in total. The van der Waals surface area contributed by atoms with Crippen molar-refractivity contribution in [3.8, 4) is 0 Å². The van der Waals surface area contributed by atoms with Crippen molar-refractivity contribution in [1.29, 1.82) is 0 Å². The van der Waals surface area contributed by atoms with Gasteiger partial charge in [0.2, 0.25) is 5.91 Å². The third-order valence-electron chi connectivity index (χ3n) is 4.86. The number of thioether (sulfide) groups is 1. The summed E-state index contributed by atoms with van der Waals surface area (Å²) in [6.07, 6.45) is 3.93. The quantitative estimate of drug-likeness (QED) is 0.509. The molecule has 8 heteroatoms. The number of rotatable bonds is 6. The van der Waals surface area contributed by atoms with Gasteiger partial charge in [0.25, 0.3) is 0 Å². The molecule has 1 aliphatic heterocycles. The smallest absolute Gasteiger partial charge is 0.233 e. The van der Waals surface area contributed by atoms with Gasteiger partial charge in [0.1, 0.15) is 11.3 Å². The fourth-order valence-corrected chi connectivity index (χ4v) is 4.79. The third kappa shape index (κ3) is 4.60. The first-order valence-corrected chi connectivity index (χ1v) is 11.4. The molecule has 1 amide bonds. The van der Waals surface area contributed by atoms with Crippen LogP contribution in [-0.4, -0.2) is 36.4 Å². The van der Waals surface area contributed by atoms with Crippen molar-refractivity contribution >= 4 is 44.4 Å². The zero-order valence-electron chi connectivity index (χ0n) is 15.9. The molecule has 1 aliphatic rings. The second-order valence-corrected chi connectivity index (χ2v) is 8.78. The Morgan fingerprint density at radius 2 is 2.10 bits per heavy atom. The molecular weight excluding hydrogens is 414 g/mol. The molecular formula is C21H20F2N2O2S2. The van der Waals surface area contributed by atoms with E-state index in [9.17, 15) is 13.6 Å². The molecule has 4 rings (SSSR count). The summed E-state index contributed by atoms with van der Waals surface area (Å²) >= 11 is 2.76. The van der Waals surface area contributed by atoms with Crippen LogP contribution >= 0.6 is 23.1 Å². The maximum Gasteiger partial charge on any atom is 0.233 e. The summed E-state index contributed by atoms with van der Waals surface area (Å²) in [5.74, 6) is -1.52. The number of anilines is 1. The van der Waals surface area contributed by atoms with Gasteiger partial charge < -0.3 is 4.74 Å². The highest BCUT2D eigenvalue weighted by Crippen LogP contribution is 2.32. The summed E-state index contributed by atoms with van der Waals surface area (Å²) in [5.41, 5.74) is 0.976. The van der Waals surface area contributed by atoms with E-state index in [1.807, 2.05) is 30.5 Å². The van der Waals surface area contributed by atoms with Crippen LogP contribution in [-0.2, 0) is 16.0 Å². The molecule has 29 heavy (non-hydrogen) atoms. The highest BCUT2D eigenvalue weighted by Gasteiger charge is 2.27. The Bertz CT molecular complexity index is 1020. The largest absolute Gasteiger partial charge is 0.376 e. The summed E-state index contributed by atoms with van der Waals surface area (Å²) in [7, 11) is 0. The SMILES string of the molecule is CSc1ccc(CC(=O)N(C[C@@H]2CCCO2)c2nc3c(F)cc(F)cc3s2)cc1. The number of thiazole rings is 1. The molecule has 0 bridgehead atoms. The molecule has 0 spiro atoms. The van der Waals surface area contributed by atoms with Crippen molar-refractivity contribution in [2.75, 3.05) is 24.3 Å². The molecule has 1 atom stereocenters. The highest BCUT2D eigenvalue weighted by atomic mass is 32.2. The highest BCUT2D eigenvalue weighted by molar-refractivity contribution is 7.98. The van der Waals surface area contributed by atoms with E-state index in [-0.39, 0.29) is 23.9 Å². The Balaban J connectivity index is 1.63. The second-order valence-electron chi connectivity index (χ2n) is 6.90. The number of aromatic nitrogens is 1. The first kappa shape index (κ1) is 20.3. The van der Waals surface area contributed by atoms with E-state index in [0.29, 0.717) is 23.0 Å². The Labute approximate surface area is 175 Å². The molecule has 3 aromatic rings.